The maximum Gasteiger partial charge on any atom is 0.416 e. The Morgan fingerprint density at radius 2 is 1.73 bits per heavy atom. The van der Waals surface area contributed by atoms with E-state index < -0.39 is 24.3 Å². The molecule has 0 heterocycles. The first kappa shape index (κ1) is 19.4. The van der Waals surface area contributed by atoms with Gasteiger partial charge in [-0.2, -0.15) is 22.0 Å². The third-order valence-corrected chi connectivity index (χ3v) is 3.31. The summed E-state index contributed by atoms with van der Waals surface area (Å²) in [5, 5.41) is 2.49. The van der Waals surface area contributed by atoms with Gasteiger partial charge in [-0.1, -0.05) is 30.3 Å². The van der Waals surface area contributed by atoms with Crippen molar-refractivity contribution < 1.29 is 31.5 Å². The zero-order chi connectivity index (χ0) is 19.2. The number of carbonyl (C=O) groups excluding carboxylic acids is 1. The summed E-state index contributed by atoms with van der Waals surface area (Å²) in [6.45, 7) is -3.02. The van der Waals surface area contributed by atoms with Crippen LogP contribution in [0.5, 0.6) is 5.75 Å². The number of ether oxygens (including phenoxy) is 1. The van der Waals surface area contributed by atoms with Crippen molar-refractivity contribution in [2.45, 2.75) is 19.3 Å². The summed E-state index contributed by atoms with van der Waals surface area (Å²) in [5.41, 5.74) is -0.00611. The summed E-state index contributed by atoms with van der Waals surface area (Å²) in [4.78, 5) is 11.8. The normalized spacial score (nSPS) is 11.8. The number of rotatable bonds is 6. The quantitative estimate of drug-likeness (QED) is 0.594. The molecule has 26 heavy (non-hydrogen) atoms. The predicted octanol–water partition coefficient (Wildman–Crippen LogP) is 4.64. The van der Waals surface area contributed by atoms with Gasteiger partial charge in [0.2, 0.25) is 5.91 Å². The maximum absolute atomic E-state index is 12.5. The molecule has 0 spiro atoms. The molecule has 0 fully saturated rings. The predicted molar refractivity (Wildman–Crippen MR) is 85.4 cm³/mol. The van der Waals surface area contributed by atoms with Crippen molar-refractivity contribution in [2.75, 3.05) is 0 Å². The SMILES string of the molecule is O=C(/C=C/c1ccc(C(F)(F)F)cc1)NCc1ccccc1OC(F)F. The number of para-hydroxylation sites is 1. The van der Waals surface area contributed by atoms with Gasteiger partial charge in [-0.15, -0.1) is 0 Å². The number of hydrogen-bond donors (Lipinski definition) is 1. The fourth-order valence-electron chi connectivity index (χ4n) is 2.06. The van der Waals surface area contributed by atoms with Gasteiger partial charge < -0.3 is 10.1 Å². The van der Waals surface area contributed by atoms with E-state index in [1.165, 1.54) is 36.4 Å². The molecule has 0 saturated heterocycles. The van der Waals surface area contributed by atoms with Gasteiger partial charge in [0, 0.05) is 18.2 Å². The molecule has 0 bridgehead atoms. The van der Waals surface area contributed by atoms with Crippen molar-refractivity contribution in [2.24, 2.45) is 0 Å². The highest BCUT2D eigenvalue weighted by Gasteiger charge is 2.29. The molecule has 1 amide bonds. The van der Waals surface area contributed by atoms with E-state index in [0.717, 1.165) is 18.2 Å². The van der Waals surface area contributed by atoms with Crippen molar-refractivity contribution in [3.63, 3.8) is 0 Å². The Hall–Kier alpha value is -2.90. The third-order valence-electron chi connectivity index (χ3n) is 3.31. The summed E-state index contributed by atoms with van der Waals surface area (Å²) in [6, 6.07) is 10.3. The lowest BCUT2D eigenvalue weighted by molar-refractivity contribution is -0.137. The van der Waals surface area contributed by atoms with Gasteiger partial charge in [0.05, 0.1) is 5.56 Å². The molecule has 0 aliphatic rings. The van der Waals surface area contributed by atoms with Gasteiger partial charge in [0.15, 0.2) is 0 Å². The molecule has 8 heteroatoms. The van der Waals surface area contributed by atoms with Crippen molar-refractivity contribution in [1.29, 1.82) is 0 Å². The molecule has 0 radical (unpaired) electrons. The largest absolute Gasteiger partial charge is 0.434 e. The summed E-state index contributed by atoms with van der Waals surface area (Å²) >= 11 is 0. The summed E-state index contributed by atoms with van der Waals surface area (Å²) < 4.78 is 66.4. The second-order valence-corrected chi connectivity index (χ2v) is 5.16. The number of nitrogens with one attached hydrogen (secondary N) is 1. The summed E-state index contributed by atoms with van der Waals surface area (Å²) in [6.07, 6.45) is -1.94. The zero-order valence-corrected chi connectivity index (χ0v) is 13.3. The van der Waals surface area contributed by atoms with Gasteiger partial charge in [-0.05, 0) is 29.8 Å². The van der Waals surface area contributed by atoms with Crippen LogP contribution in [0.15, 0.2) is 54.6 Å². The molecule has 0 aromatic heterocycles. The highest BCUT2D eigenvalue weighted by atomic mass is 19.4. The van der Waals surface area contributed by atoms with Crippen LogP contribution in [0.3, 0.4) is 0 Å². The molecule has 0 aliphatic carbocycles. The van der Waals surface area contributed by atoms with Crippen LogP contribution in [0, 0.1) is 0 Å². The van der Waals surface area contributed by atoms with E-state index in [1.807, 2.05) is 0 Å². The second kappa shape index (κ2) is 8.46. The second-order valence-electron chi connectivity index (χ2n) is 5.16. The molecule has 0 saturated carbocycles. The van der Waals surface area contributed by atoms with E-state index >= 15 is 0 Å². The van der Waals surface area contributed by atoms with Crippen LogP contribution in [-0.2, 0) is 17.5 Å². The number of amides is 1. The lowest BCUT2D eigenvalue weighted by Gasteiger charge is -2.10. The minimum atomic E-state index is -4.42. The van der Waals surface area contributed by atoms with E-state index in [9.17, 15) is 26.7 Å². The average Bonchev–Trinajstić information content (AvgIpc) is 2.58. The molecule has 2 aromatic rings. The number of alkyl halides is 5. The molecule has 0 atom stereocenters. The van der Waals surface area contributed by atoms with Crippen molar-refractivity contribution in [3.8, 4) is 5.75 Å². The molecular weight excluding hydrogens is 357 g/mol. The van der Waals surface area contributed by atoms with Crippen LogP contribution < -0.4 is 10.1 Å². The smallest absolute Gasteiger partial charge is 0.416 e. The van der Waals surface area contributed by atoms with Gasteiger partial charge >= 0.3 is 12.8 Å². The number of carbonyl (C=O) groups is 1. The standard InChI is InChI=1S/C18H14F5NO2/c19-17(20)26-15-4-2-1-3-13(15)11-24-16(25)10-7-12-5-8-14(9-6-12)18(21,22)23/h1-10,17H,11H2,(H,24,25)/b10-7+. The molecule has 0 aliphatic heterocycles. The first-order chi connectivity index (χ1) is 12.3. The van der Waals surface area contributed by atoms with E-state index in [4.69, 9.17) is 0 Å². The molecular formula is C18H14F5NO2. The van der Waals surface area contributed by atoms with Crippen LogP contribution in [0.2, 0.25) is 0 Å². The number of halogens is 5. The van der Waals surface area contributed by atoms with E-state index in [1.54, 1.807) is 6.07 Å². The molecule has 3 nitrogen and oxygen atoms in total. The Bertz CT molecular complexity index is 770. The number of benzene rings is 2. The minimum Gasteiger partial charge on any atom is -0.434 e. The van der Waals surface area contributed by atoms with Crippen LogP contribution in [0.4, 0.5) is 22.0 Å². The van der Waals surface area contributed by atoms with Crippen molar-refractivity contribution in [1.82, 2.24) is 5.32 Å². The van der Waals surface area contributed by atoms with Crippen LogP contribution in [-0.4, -0.2) is 12.5 Å². The van der Waals surface area contributed by atoms with Crippen molar-refractivity contribution in [3.05, 3.63) is 71.3 Å². The van der Waals surface area contributed by atoms with Gasteiger partial charge in [0.1, 0.15) is 5.75 Å². The first-order valence-corrected chi connectivity index (χ1v) is 7.41. The fourth-order valence-corrected chi connectivity index (χ4v) is 2.06. The molecule has 138 valence electrons. The first-order valence-electron chi connectivity index (χ1n) is 7.41. The molecule has 2 aromatic carbocycles. The van der Waals surface area contributed by atoms with Gasteiger partial charge in [-0.25, -0.2) is 0 Å². The Balaban J connectivity index is 1.94. The highest BCUT2D eigenvalue weighted by molar-refractivity contribution is 5.91. The monoisotopic (exact) mass is 371 g/mol. The summed E-state index contributed by atoms with van der Waals surface area (Å²) in [7, 11) is 0. The molecule has 0 unspecified atom stereocenters. The van der Waals surface area contributed by atoms with Gasteiger partial charge in [0.25, 0.3) is 0 Å². The number of hydrogen-bond acceptors (Lipinski definition) is 2. The van der Waals surface area contributed by atoms with Crippen LogP contribution in [0.1, 0.15) is 16.7 Å². The Kier molecular flexibility index (Phi) is 6.32. The average molecular weight is 371 g/mol. The highest BCUT2D eigenvalue weighted by Crippen LogP contribution is 2.29. The minimum absolute atomic E-state index is 0.0426. The Morgan fingerprint density at radius 3 is 2.35 bits per heavy atom. The molecule has 2 rings (SSSR count). The van der Waals surface area contributed by atoms with E-state index in [2.05, 4.69) is 10.1 Å². The van der Waals surface area contributed by atoms with E-state index in [0.29, 0.717) is 11.1 Å². The van der Waals surface area contributed by atoms with Crippen LogP contribution in [0.25, 0.3) is 6.08 Å². The lowest BCUT2D eigenvalue weighted by Crippen LogP contribution is -2.21. The zero-order valence-electron chi connectivity index (χ0n) is 13.3. The third kappa shape index (κ3) is 5.87. The topological polar surface area (TPSA) is 38.3 Å². The fraction of sp³-hybridized carbons (Fsp3) is 0.167. The lowest BCUT2D eigenvalue weighted by atomic mass is 10.1. The van der Waals surface area contributed by atoms with Crippen LogP contribution >= 0.6 is 0 Å². The Morgan fingerprint density at radius 1 is 1.08 bits per heavy atom. The Labute approximate surface area is 146 Å². The van der Waals surface area contributed by atoms with Gasteiger partial charge in [-0.3, -0.25) is 4.79 Å². The summed E-state index contributed by atoms with van der Waals surface area (Å²) in [5.74, 6) is -0.578. The molecule has 1 N–H and O–H groups in total. The van der Waals surface area contributed by atoms with E-state index in [-0.39, 0.29) is 12.3 Å². The maximum atomic E-state index is 12.5. The van der Waals surface area contributed by atoms with Crippen molar-refractivity contribution >= 4 is 12.0 Å².